The predicted octanol–water partition coefficient (Wildman–Crippen LogP) is 2.44. The van der Waals surface area contributed by atoms with Crippen LogP contribution in [0.3, 0.4) is 0 Å². The molecule has 0 spiro atoms. The second-order valence-electron chi connectivity index (χ2n) is 4.94. The van der Waals surface area contributed by atoms with Gasteiger partial charge in [-0.25, -0.2) is 9.37 Å². The highest BCUT2D eigenvalue weighted by molar-refractivity contribution is 5.92. The van der Waals surface area contributed by atoms with Crippen LogP contribution in [0.1, 0.15) is 10.5 Å². The number of ether oxygens (including phenoxy) is 1. The molecule has 0 aliphatic carbocycles. The van der Waals surface area contributed by atoms with Crippen LogP contribution in [0.25, 0.3) is 0 Å². The lowest BCUT2D eigenvalue weighted by atomic mass is 10.2. The molecule has 1 aromatic carbocycles. The Hall–Kier alpha value is -2.47. The number of carbonyl (C=O) groups is 1. The van der Waals surface area contributed by atoms with Crippen LogP contribution in [0, 0.1) is 5.82 Å². The SMILES string of the molecule is O=C(c1ccc(Nc2ccccc2F)cn1)N1CCOCC1. The molecule has 0 atom stereocenters. The van der Waals surface area contributed by atoms with Crippen molar-refractivity contribution in [2.45, 2.75) is 0 Å². The van der Waals surface area contributed by atoms with Crippen LogP contribution in [-0.2, 0) is 4.74 Å². The molecule has 2 heterocycles. The van der Waals surface area contributed by atoms with Gasteiger partial charge in [-0.05, 0) is 24.3 Å². The molecular weight excluding hydrogens is 285 g/mol. The number of benzene rings is 1. The van der Waals surface area contributed by atoms with Crippen LogP contribution in [0.4, 0.5) is 15.8 Å². The van der Waals surface area contributed by atoms with Gasteiger partial charge in [0.15, 0.2) is 0 Å². The summed E-state index contributed by atoms with van der Waals surface area (Å²) in [6.07, 6.45) is 1.53. The van der Waals surface area contributed by atoms with Gasteiger partial charge in [0.25, 0.3) is 5.91 Å². The van der Waals surface area contributed by atoms with Crippen LogP contribution in [-0.4, -0.2) is 42.1 Å². The zero-order valence-electron chi connectivity index (χ0n) is 12.0. The Morgan fingerprint density at radius 3 is 2.64 bits per heavy atom. The monoisotopic (exact) mass is 301 g/mol. The van der Waals surface area contributed by atoms with Crippen molar-refractivity contribution in [1.29, 1.82) is 0 Å². The quantitative estimate of drug-likeness (QED) is 0.946. The standard InChI is InChI=1S/C16H16FN3O2/c17-13-3-1-2-4-14(13)19-12-5-6-15(18-11-12)16(21)20-7-9-22-10-8-20/h1-6,11,19H,7-10H2. The number of rotatable bonds is 3. The number of hydrogen-bond donors (Lipinski definition) is 1. The lowest BCUT2D eigenvalue weighted by Gasteiger charge is -2.26. The molecule has 114 valence electrons. The van der Waals surface area contributed by atoms with E-state index in [1.54, 1.807) is 35.2 Å². The molecule has 5 nitrogen and oxygen atoms in total. The Labute approximate surface area is 127 Å². The number of pyridine rings is 1. The molecule has 2 aromatic rings. The van der Waals surface area contributed by atoms with Gasteiger partial charge in [-0.3, -0.25) is 4.79 Å². The first-order valence-corrected chi connectivity index (χ1v) is 7.09. The van der Waals surface area contributed by atoms with E-state index in [0.717, 1.165) is 0 Å². The third-order valence-electron chi connectivity index (χ3n) is 3.43. The van der Waals surface area contributed by atoms with Gasteiger partial charge in [0, 0.05) is 13.1 Å². The molecule has 22 heavy (non-hydrogen) atoms. The second-order valence-corrected chi connectivity index (χ2v) is 4.94. The third-order valence-corrected chi connectivity index (χ3v) is 3.43. The summed E-state index contributed by atoms with van der Waals surface area (Å²) in [7, 11) is 0. The smallest absolute Gasteiger partial charge is 0.272 e. The highest BCUT2D eigenvalue weighted by Crippen LogP contribution is 2.19. The minimum Gasteiger partial charge on any atom is -0.378 e. The van der Waals surface area contributed by atoms with E-state index in [4.69, 9.17) is 4.74 Å². The summed E-state index contributed by atoms with van der Waals surface area (Å²) in [5.41, 5.74) is 1.38. The third kappa shape index (κ3) is 3.23. The minimum absolute atomic E-state index is 0.110. The first-order chi connectivity index (χ1) is 10.7. The van der Waals surface area contributed by atoms with E-state index in [-0.39, 0.29) is 11.7 Å². The van der Waals surface area contributed by atoms with E-state index in [0.29, 0.717) is 43.4 Å². The molecule has 0 radical (unpaired) electrons. The van der Waals surface area contributed by atoms with Crippen LogP contribution in [0.2, 0.25) is 0 Å². The van der Waals surface area contributed by atoms with Crippen molar-refractivity contribution in [3.63, 3.8) is 0 Å². The van der Waals surface area contributed by atoms with E-state index in [1.165, 1.54) is 12.3 Å². The lowest BCUT2D eigenvalue weighted by molar-refractivity contribution is 0.0299. The fourth-order valence-corrected chi connectivity index (χ4v) is 2.24. The maximum absolute atomic E-state index is 13.6. The number of halogens is 1. The number of nitrogens with zero attached hydrogens (tertiary/aromatic N) is 2. The Kier molecular flexibility index (Phi) is 4.29. The summed E-state index contributed by atoms with van der Waals surface area (Å²) in [6, 6.07) is 9.75. The van der Waals surface area contributed by atoms with Gasteiger partial charge in [0.05, 0.1) is 30.8 Å². The molecule has 1 fully saturated rings. The number of hydrogen-bond acceptors (Lipinski definition) is 4. The number of morpholine rings is 1. The first-order valence-electron chi connectivity index (χ1n) is 7.09. The Bertz CT molecular complexity index is 655. The van der Waals surface area contributed by atoms with Gasteiger partial charge in [0.1, 0.15) is 11.5 Å². The van der Waals surface area contributed by atoms with Crippen molar-refractivity contribution in [3.8, 4) is 0 Å². The molecular formula is C16H16FN3O2. The predicted molar refractivity (Wildman–Crippen MR) is 80.6 cm³/mol. The van der Waals surface area contributed by atoms with Gasteiger partial charge in [-0.1, -0.05) is 12.1 Å². The van der Waals surface area contributed by atoms with Crippen molar-refractivity contribution >= 4 is 17.3 Å². The van der Waals surface area contributed by atoms with Crippen molar-refractivity contribution < 1.29 is 13.9 Å². The Balaban J connectivity index is 1.70. The number of carbonyl (C=O) groups excluding carboxylic acids is 1. The Morgan fingerprint density at radius 1 is 1.18 bits per heavy atom. The molecule has 0 unspecified atom stereocenters. The maximum Gasteiger partial charge on any atom is 0.272 e. The van der Waals surface area contributed by atoms with Crippen molar-refractivity contribution in [2.24, 2.45) is 0 Å². The van der Waals surface area contributed by atoms with E-state index >= 15 is 0 Å². The van der Waals surface area contributed by atoms with Crippen molar-refractivity contribution in [1.82, 2.24) is 9.88 Å². The summed E-state index contributed by atoms with van der Waals surface area (Å²) in [4.78, 5) is 18.1. The summed E-state index contributed by atoms with van der Waals surface area (Å²) < 4.78 is 18.8. The summed E-state index contributed by atoms with van der Waals surface area (Å²) >= 11 is 0. The van der Waals surface area contributed by atoms with Gasteiger partial charge in [0.2, 0.25) is 0 Å². The molecule has 0 saturated carbocycles. The van der Waals surface area contributed by atoms with E-state index in [1.807, 2.05) is 0 Å². The summed E-state index contributed by atoms with van der Waals surface area (Å²) in [6.45, 7) is 2.27. The van der Waals surface area contributed by atoms with E-state index < -0.39 is 0 Å². The molecule has 6 heteroatoms. The average molecular weight is 301 g/mol. The van der Waals surface area contributed by atoms with Crippen LogP contribution >= 0.6 is 0 Å². The number of aromatic nitrogens is 1. The fourth-order valence-electron chi connectivity index (χ4n) is 2.24. The Morgan fingerprint density at radius 2 is 1.95 bits per heavy atom. The highest BCUT2D eigenvalue weighted by atomic mass is 19.1. The molecule has 1 saturated heterocycles. The molecule has 3 rings (SSSR count). The molecule has 1 aliphatic rings. The largest absolute Gasteiger partial charge is 0.378 e. The second kappa shape index (κ2) is 6.53. The number of amides is 1. The molecule has 1 aromatic heterocycles. The molecule has 1 N–H and O–H groups in total. The zero-order valence-corrected chi connectivity index (χ0v) is 12.0. The molecule has 0 bridgehead atoms. The summed E-state index contributed by atoms with van der Waals surface area (Å²) in [5, 5.41) is 2.94. The van der Waals surface area contributed by atoms with Crippen LogP contribution in [0.15, 0.2) is 42.6 Å². The van der Waals surface area contributed by atoms with E-state index in [9.17, 15) is 9.18 Å². The van der Waals surface area contributed by atoms with Gasteiger partial charge < -0.3 is 15.0 Å². The maximum atomic E-state index is 13.6. The number of para-hydroxylation sites is 1. The lowest BCUT2D eigenvalue weighted by Crippen LogP contribution is -2.41. The van der Waals surface area contributed by atoms with E-state index in [2.05, 4.69) is 10.3 Å². The normalized spacial score (nSPS) is 14.7. The van der Waals surface area contributed by atoms with Crippen molar-refractivity contribution in [2.75, 3.05) is 31.6 Å². The number of anilines is 2. The number of nitrogens with one attached hydrogen (secondary N) is 1. The van der Waals surface area contributed by atoms with Gasteiger partial charge in [-0.2, -0.15) is 0 Å². The topological polar surface area (TPSA) is 54.5 Å². The fraction of sp³-hybridized carbons (Fsp3) is 0.250. The van der Waals surface area contributed by atoms with Gasteiger partial charge in [-0.15, -0.1) is 0 Å². The van der Waals surface area contributed by atoms with Crippen molar-refractivity contribution in [3.05, 3.63) is 54.1 Å². The molecule has 1 aliphatic heterocycles. The first kappa shape index (κ1) is 14.5. The minimum atomic E-state index is -0.337. The summed E-state index contributed by atoms with van der Waals surface area (Å²) in [5.74, 6) is -0.447. The van der Waals surface area contributed by atoms with Crippen LogP contribution in [0.5, 0.6) is 0 Å². The van der Waals surface area contributed by atoms with Crippen LogP contribution < -0.4 is 5.32 Å². The molecule has 1 amide bonds. The average Bonchev–Trinajstić information content (AvgIpc) is 2.58. The highest BCUT2D eigenvalue weighted by Gasteiger charge is 2.19. The zero-order chi connectivity index (χ0) is 15.4. The van der Waals surface area contributed by atoms with Gasteiger partial charge >= 0.3 is 0 Å².